The van der Waals surface area contributed by atoms with E-state index in [1.807, 2.05) is 11.4 Å². The average molecular weight is 255 g/mol. The normalized spacial score (nSPS) is 11.6. The Morgan fingerprint density at radius 1 is 1.41 bits per heavy atom. The first-order valence-electron chi connectivity index (χ1n) is 6.34. The van der Waals surface area contributed by atoms with Gasteiger partial charge in [-0.2, -0.15) is 0 Å². The van der Waals surface area contributed by atoms with Crippen LogP contribution in [0.15, 0.2) is 11.4 Å². The average Bonchev–Trinajstić information content (AvgIpc) is 2.68. The molecule has 0 aliphatic carbocycles. The molecule has 1 rings (SSSR count). The van der Waals surface area contributed by atoms with Gasteiger partial charge >= 0.3 is 0 Å². The van der Waals surface area contributed by atoms with Crippen molar-refractivity contribution in [2.24, 2.45) is 0 Å². The van der Waals surface area contributed by atoms with Gasteiger partial charge in [0.25, 0.3) is 0 Å². The third kappa shape index (κ3) is 5.52. The van der Waals surface area contributed by atoms with Crippen LogP contribution in [0.4, 0.5) is 5.69 Å². The molecule has 0 aliphatic rings. The topological polar surface area (TPSA) is 41.3 Å². The van der Waals surface area contributed by atoms with E-state index < -0.39 is 0 Å². The minimum absolute atomic E-state index is 0.647. The molecule has 3 N–H and O–H groups in total. The van der Waals surface area contributed by atoms with Crippen molar-refractivity contribution in [3.05, 3.63) is 16.3 Å². The highest BCUT2D eigenvalue weighted by Crippen LogP contribution is 2.17. The predicted molar refractivity (Wildman–Crippen MR) is 77.4 cm³/mol. The summed E-state index contributed by atoms with van der Waals surface area (Å²) in [7, 11) is 2.18. The molecule has 0 spiro atoms. The Balaban J connectivity index is 2.00. The molecule has 1 aromatic rings. The SMILES string of the molecule is CC(C)N(C)CCCCNCc1sccc1N. The number of nitrogens with two attached hydrogens (primary N) is 1. The van der Waals surface area contributed by atoms with Crippen LogP contribution in [0.25, 0.3) is 0 Å². The maximum absolute atomic E-state index is 5.82. The van der Waals surface area contributed by atoms with E-state index in [1.54, 1.807) is 11.3 Å². The summed E-state index contributed by atoms with van der Waals surface area (Å²) in [6.07, 6.45) is 2.48. The molecular weight excluding hydrogens is 230 g/mol. The molecule has 98 valence electrons. The summed E-state index contributed by atoms with van der Waals surface area (Å²) in [5, 5.41) is 5.49. The van der Waals surface area contributed by atoms with Gasteiger partial charge in [0.15, 0.2) is 0 Å². The lowest BCUT2D eigenvalue weighted by atomic mass is 10.2. The summed E-state index contributed by atoms with van der Waals surface area (Å²) in [4.78, 5) is 3.64. The lowest BCUT2D eigenvalue weighted by Gasteiger charge is -2.20. The Morgan fingerprint density at radius 2 is 2.18 bits per heavy atom. The first kappa shape index (κ1) is 14.5. The molecule has 0 aliphatic heterocycles. The molecule has 1 heterocycles. The van der Waals surface area contributed by atoms with E-state index in [4.69, 9.17) is 5.73 Å². The van der Waals surface area contributed by atoms with Crippen LogP contribution in [0.3, 0.4) is 0 Å². The minimum atomic E-state index is 0.647. The fourth-order valence-electron chi connectivity index (χ4n) is 1.57. The molecule has 0 bridgehead atoms. The highest BCUT2D eigenvalue weighted by molar-refractivity contribution is 7.10. The second-order valence-electron chi connectivity index (χ2n) is 4.76. The molecule has 1 aromatic heterocycles. The Bertz CT molecular complexity index is 309. The highest BCUT2D eigenvalue weighted by Gasteiger charge is 2.02. The van der Waals surface area contributed by atoms with Crippen molar-refractivity contribution in [1.82, 2.24) is 10.2 Å². The smallest absolute Gasteiger partial charge is 0.0468 e. The van der Waals surface area contributed by atoms with Crippen LogP contribution in [-0.2, 0) is 6.54 Å². The van der Waals surface area contributed by atoms with Crippen LogP contribution in [-0.4, -0.2) is 31.1 Å². The van der Waals surface area contributed by atoms with E-state index in [0.29, 0.717) is 6.04 Å². The van der Waals surface area contributed by atoms with E-state index in [-0.39, 0.29) is 0 Å². The highest BCUT2D eigenvalue weighted by atomic mass is 32.1. The number of anilines is 1. The van der Waals surface area contributed by atoms with E-state index in [1.165, 1.54) is 24.3 Å². The number of unbranched alkanes of at least 4 members (excludes halogenated alkanes) is 1. The summed E-state index contributed by atoms with van der Waals surface area (Å²) in [5.41, 5.74) is 6.74. The van der Waals surface area contributed by atoms with Crippen LogP contribution >= 0.6 is 11.3 Å². The Kier molecular flexibility index (Phi) is 6.55. The van der Waals surface area contributed by atoms with Crippen LogP contribution in [0.1, 0.15) is 31.6 Å². The zero-order chi connectivity index (χ0) is 12.7. The van der Waals surface area contributed by atoms with Gasteiger partial charge in [-0.05, 0) is 58.3 Å². The second-order valence-corrected chi connectivity index (χ2v) is 5.76. The Hall–Kier alpha value is -0.580. The molecule has 17 heavy (non-hydrogen) atoms. The van der Waals surface area contributed by atoms with Gasteiger partial charge < -0.3 is 16.0 Å². The van der Waals surface area contributed by atoms with Gasteiger partial charge in [-0.1, -0.05) is 0 Å². The fraction of sp³-hybridized carbons (Fsp3) is 0.692. The van der Waals surface area contributed by atoms with Gasteiger partial charge in [-0.25, -0.2) is 0 Å². The molecule has 4 heteroatoms. The summed E-state index contributed by atoms with van der Waals surface area (Å²) in [6, 6.07) is 2.62. The number of nitrogen functional groups attached to an aromatic ring is 1. The molecule has 0 unspecified atom stereocenters. The third-order valence-electron chi connectivity index (χ3n) is 3.06. The van der Waals surface area contributed by atoms with Gasteiger partial charge in [-0.15, -0.1) is 11.3 Å². The van der Waals surface area contributed by atoms with Gasteiger partial charge in [-0.3, -0.25) is 0 Å². The summed E-state index contributed by atoms with van der Waals surface area (Å²) in [6.45, 7) is 7.63. The Labute approximate surface area is 109 Å². The molecular formula is C13H25N3S. The maximum atomic E-state index is 5.82. The van der Waals surface area contributed by atoms with E-state index >= 15 is 0 Å². The largest absolute Gasteiger partial charge is 0.398 e. The van der Waals surface area contributed by atoms with Gasteiger partial charge in [0, 0.05) is 23.2 Å². The molecule has 0 radical (unpaired) electrons. The molecule has 0 saturated heterocycles. The quantitative estimate of drug-likeness (QED) is 0.701. The first-order chi connectivity index (χ1) is 8.11. The first-order valence-corrected chi connectivity index (χ1v) is 7.22. The van der Waals surface area contributed by atoms with E-state index in [9.17, 15) is 0 Å². The van der Waals surface area contributed by atoms with Crippen LogP contribution in [0.5, 0.6) is 0 Å². The van der Waals surface area contributed by atoms with Crippen molar-refractivity contribution in [2.75, 3.05) is 25.9 Å². The lowest BCUT2D eigenvalue weighted by molar-refractivity contribution is 0.268. The molecule has 0 saturated carbocycles. The van der Waals surface area contributed by atoms with Crippen molar-refractivity contribution in [2.45, 2.75) is 39.3 Å². The zero-order valence-electron chi connectivity index (χ0n) is 11.2. The van der Waals surface area contributed by atoms with Crippen molar-refractivity contribution in [3.63, 3.8) is 0 Å². The van der Waals surface area contributed by atoms with Crippen LogP contribution in [0.2, 0.25) is 0 Å². The minimum Gasteiger partial charge on any atom is -0.398 e. The number of rotatable bonds is 8. The van der Waals surface area contributed by atoms with Crippen molar-refractivity contribution in [1.29, 1.82) is 0 Å². The standard InChI is InChI=1S/C13H25N3S/c1-11(2)16(3)8-5-4-7-15-10-13-12(14)6-9-17-13/h6,9,11,15H,4-5,7-8,10,14H2,1-3H3. The zero-order valence-corrected chi connectivity index (χ0v) is 12.0. The van der Waals surface area contributed by atoms with Crippen molar-refractivity contribution in [3.8, 4) is 0 Å². The summed E-state index contributed by atoms with van der Waals surface area (Å²) in [5.74, 6) is 0. The number of nitrogens with zero attached hydrogens (tertiary/aromatic N) is 1. The molecule has 0 aromatic carbocycles. The number of thiophene rings is 1. The fourth-order valence-corrected chi connectivity index (χ4v) is 2.33. The number of nitrogens with one attached hydrogen (secondary N) is 1. The van der Waals surface area contributed by atoms with Crippen LogP contribution < -0.4 is 11.1 Å². The molecule has 0 atom stereocenters. The Morgan fingerprint density at radius 3 is 2.76 bits per heavy atom. The summed E-state index contributed by atoms with van der Waals surface area (Å²) >= 11 is 1.73. The third-order valence-corrected chi connectivity index (χ3v) is 4.00. The monoisotopic (exact) mass is 255 g/mol. The lowest BCUT2D eigenvalue weighted by Crippen LogP contribution is -2.27. The predicted octanol–water partition coefficient (Wildman–Crippen LogP) is 2.54. The number of hydrogen-bond acceptors (Lipinski definition) is 4. The molecule has 3 nitrogen and oxygen atoms in total. The number of hydrogen-bond donors (Lipinski definition) is 2. The summed E-state index contributed by atoms with van der Waals surface area (Å²) < 4.78 is 0. The van der Waals surface area contributed by atoms with Crippen LogP contribution in [0, 0.1) is 0 Å². The molecule has 0 fully saturated rings. The van der Waals surface area contributed by atoms with Gasteiger partial charge in [0.2, 0.25) is 0 Å². The molecule has 0 amide bonds. The van der Waals surface area contributed by atoms with Gasteiger partial charge in [0.1, 0.15) is 0 Å². The second kappa shape index (κ2) is 7.69. The maximum Gasteiger partial charge on any atom is 0.0468 e. The van der Waals surface area contributed by atoms with Crippen molar-refractivity contribution >= 4 is 17.0 Å². The van der Waals surface area contributed by atoms with E-state index in [0.717, 1.165) is 18.8 Å². The van der Waals surface area contributed by atoms with Crippen molar-refractivity contribution < 1.29 is 0 Å². The van der Waals surface area contributed by atoms with Gasteiger partial charge in [0.05, 0.1) is 0 Å². The van der Waals surface area contributed by atoms with E-state index in [2.05, 4.69) is 31.1 Å².